The summed E-state index contributed by atoms with van der Waals surface area (Å²) in [4.78, 5) is 14.6. The largest absolute Gasteiger partial charge is 0.497 e. The number of rotatable bonds is 6. The number of hydrogen-bond donors (Lipinski definition) is 2. The third-order valence-corrected chi connectivity index (χ3v) is 4.94. The Balaban J connectivity index is 0.00000280. The third kappa shape index (κ3) is 5.30. The minimum absolute atomic E-state index is 0. The van der Waals surface area contributed by atoms with E-state index in [4.69, 9.17) is 15.2 Å². The maximum absolute atomic E-state index is 12.7. The van der Waals surface area contributed by atoms with Crippen LogP contribution in [0.1, 0.15) is 28.8 Å². The molecule has 6 nitrogen and oxygen atoms in total. The van der Waals surface area contributed by atoms with Gasteiger partial charge in [-0.2, -0.15) is 0 Å². The van der Waals surface area contributed by atoms with Crippen LogP contribution in [0, 0.1) is 0 Å². The molecule has 7 heteroatoms. The Kier molecular flexibility index (Phi) is 7.96. The van der Waals surface area contributed by atoms with Gasteiger partial charge >= 0.3 is 0 Å². The van der Waals surface area contributed by atoms with E-state index in [1.807, 2.05) is 47.4 Å². The van der Waals surface area contributed by atoms with Crippen molar-refractivity contribution in [2.24, 2.45) is 5.73 Å². The first kappa shape index (κ1) is 21.9. The van der Waals surface area contributed by atoms with Crippen molar-refractivity contribution in [2.75, 3.05) is 32.6 Å². The van der Waals surface area contributed by atoms with Crippen molar-refractivity contribution < 1.29 is 14.3 Å². The Bertz CT molecular complexity index is 753. The molecule has 3 rings (SSSR count). The van der Waals surface area contributed by atoms with E-state index in [9.17, 15) is 4.79 Å². The number of piperidine rings is 1. The van der Waals surface area contributed by atoms with Crippen molar-refractivity contribution in [1.29, 1.82) is 0 Å². The van der Waals surface area contributed by atoms with E-state index < -0.39 is 0 Å². The minimum Gasteiger partial charge on any atom is -0.497 e. The second kappa shape index (κ2) is 10.2. The van der Waals surface area contributed by atoms with Gasteiger partial charge in [0.25, 0.3) is 5.91 Å². The van der Waals surface area contributed by atoms with Gasteiger partial charge in [-0.15, -0.1) is 12.4 Å². The van der Waals surface area contributed by atoms with E-state index in [1.165, 1.54) is 0 Å². The summed E-state index contributed by atoms with van der Waals surface area (Å²) in [6.45, 7) is 1.95. The molecule has 1 saturated heterocycles. The molecule has 0 spiro atoms. The summed E-state index contributed by atoms with van der Waals surface area (Å²) in [7, 11) is 3.28. The van der Waals surface area contributed by atoms with E-state index in [0.717, 1.165) is 54.2 Å². The molecule has 1 aliphatic rings. The van der Waals surface area contributed by atoms with Crippen LogP contribution in [-0.4, -0.2) is 44.2 Å². The van der Waals surface area contributed by atoms with Crippen molar-refractivity contribution in [1.82, 2.24) is 4.90 Å². The standard InChI is InChI=1S/C21H27N3O3.ClH/c1-26-19-11-18(12-20(13-19)27-2)23-17-7-9-24(10-8-17)21(25)16-5-3-15(14-22)4-6-16;/h3-6,11-13,17,23H,7-10,14,22H2,1-2H3;1H. The van der Waals surface area contributed by atoms with Gasteiger partial charge in [0, 0.05) is 55.1 Å². The summed E-state index contributed by atoms with van der Waals surface area (Å²) in [5.41, 5.74) is 8.33. The van der Waals surface area contributed by atoms with Crippen molar-refractivity contribution in [2.45, 2.75) is 25.4 Å². The topological polar surface area (TPSA) is 76.8 Å². The number of likely N-dealkylation sites (tertiary alicyclic amines) is 1. The highest BCUT2D eigenvalue weighted by Gasteiger charge is 2.23. The molecule has 3 N–H and O–H groups in total. The molecule has 1 fully saturated rings. The number of ether oxygens (including phenoxy) is 2. The summed E-state index contributed by atoms with van der Waals surface area (Å²) in [5, 5.41) is 3.53. The fourth-order valence-electron chi connectivity index (χ4n) is 3.32. The van der Waals surface area contributed by atoms with Gasteiger partial charge in [-0.1, -0.05) is 12.1 Å². The molecule has 152 valence electrons. The number of nitrogens with one attached hydrogen (secondary N) is 1. The van der Waals surface area contributed by atoms with Crippen LogP contribution in [0.3, 0.4) is 0 Å². The van der Waals surface area contributed by atoms with Gasteiger partial charge < -0.3 is 25.4 Å². The molecule has 1 amide bonds. The second-order valence-corrected chi connectivity index (χ2v) is 6.71. The normalized spacial score (nSPS) is 14.2. The first-order valence-corrected chi connectivity index (χ1v) is 9.21. The Morgan fingerprint density at radius 3 is 2.14 bits per heavy atom. The molecule has 0 aromatic heterocycles. The van der Waals surface area contributed by atoms with E-state index in [1.54, 1.807) is 14.2 Å². The lowest BCUT2D eigenvalue weighted by molar-refractivity contribution is 0.0718. The molecule has 2 aromatic rings. The van der Waals surface area contributed by atoms with Crippen LogP contribution in [0.25, 0.3) is 0 Å². The molecule has 0 aliphatic carbocycles. The predicted molar refractivity (Wildman–Crippen MR) is 114 cm³/mol. The Morgan fingerprint density at radius 2 is 1.64 bits per heavy atom. The maximum atomic E-state index is 12.7. The van der Waals surface area contributed by atoms with Crippen LogP contribution in [0.5, 0.6) is 11.5 Å². The SMILES string of the molecule is COc1cc(NC2CCN(C(=O)c3ccc(CN)cc3)CC2)cc(OC)c1.Cl. The monoisotopic (exact) mass is 405 g/mol. The van der Waals surface area contributed by atoms with Gasteiger partial charge in [-0.05, 0) is 30.5 Å². The molecule has 1 aliphatic heterocycles. The van der Waals surface area contributed by atoms with Gasteiger partial charge in [0.15, 0.2) is 0 Å². The summed E-state index contributed by atoms with van der Waals surface area (Å²) < 4.78 is 10.6. The average Bonchev–Trinajstić information content (AvgIpc) is 2.73. The molecular weight excluding hydrogens is 378 g/mol. The van der Waals surface area contributed by atoms with Gasteiger partial charge in [-0.25, -0.2) is 0 Å². The number of methoxy groups -OCH3 is 2. The summed E-state index contributed by atoms with van der Waals surface area (Å²) >= 11 is 0. The number of halogens is 1. The first-order valence-electron chi connectivity index (χ1n) is 9.21. The van der Waals surface area contributed by atoms with Crippen LogP contribution in [-0.2, 0) is 6.54 Å². The zero-order valence-electron chi connectivity index (χ0n) is 16.3. The van der Waals surface area contributed by atoms with Crippen LogP contribution >= 0.6 is 12.4 Å². The Morgan fingerprint density at radius 1 is 1.07 bits per heavy atom. The summed E-state index contributed by atoms with van der Waals surface area (Å²) in [5.74, 6) is 1.59. The molecule has 0 atom stereocenters. The van der Waals surface area contributed by atoms with Crippen molar-refractivity contribution in [3.8, 4) is 11.5 Å². The molecule has 1 heterocycles. The van der Waals surface area contributed by atoms with Crippen LogP contribution in [0.2, 0.25) is 0 Å². The lowest BCUT2D eigenvalue weighted by Crippen LogP contribution is -2.42. The molecule has 0 bridgehead atoms. The molecule has 2 aromatic carbocycles. The number of anilines is 1. The molecule has 0 saturated carbocycles. The van der Waals surface area contributed by atoms with E-state index in [-0.39, 0.29) is 18.3 Å². The van der Waals surface area contributed by atoms with Crippen LogP contribution in [0.15, 0.2) is 42.5 Å². The fraction of sp³-hybridized carbons (Fsp3) is 0.381. The molecule has 0 radical (unpaired) electrons. The predicted octanol–water partition coefficient (Wildman–Crippen LogP) is 3.30. The second-order valence-electron chi connectivity index (χ2n) is 6.71. The fourth-order valence-corrected chi connectivity index (χ4v) is 3.32. The van der Waals surface area contributed by atoms with Gasteiger partial charge in [0.05, 0.1) is 14.2 Å². The van der Waals surface area contributed by atoms with Gasteiger partial charge in [-0.3, -0.25) is 4.79 Å². The lowest BCUT2D eigenvalue weighted by Gasteiger charge is -2.33. The van der Waals surface area contributed by atoms with E-state index >= 15 is 0 Å². The van der Waals surface area contributed by atoms with Gasteiger partial charge in [0.1, 0.15) is 11.5 Å². The van der Waals surface area contributed by atoms with E-state index in [0.29, 0.717) is 12.6 Å². The number of carbonyl (C=O) groups is 1. The Hall–Kier alpha value is -2.44. The lowest BCUT2D eigenvalue weighted by atomic mass is 10.0. The zero-order valence-corrected chi connectivity index (χ0v) is 17.1. The first-order chi connectivity index (χ1) is 13.1. The van der Waals surface area contributed by atoms with Crippen LogP contribution in [0.4, 0.5) is 5.69 Å². The highest BCUT2D eigenvalue weighted by atomic mass is 35.5. The summed E-state index contributed by atoms with van der Waals surface area (Å²) in [6.07, 6.45) is 1.79. The minimum atomic E-state index is 0. The molecular formula is C21H28ClN3O3. The number of nitrogens with zero attached hydrogens (tertiary/aromatic N) is 1. The smallest absolute Gasteiger partial charge is 0.253 e. The number of carbonyl (C=O) groups excluding carboxylic acids is 1. The van der Waals surface area contributed by atoms with Crippen LogP contribution < -0.4 is 20.5 Å². The Labute approximate surface area is 172 Å². The number of amides is 1. The average molecular weight is 406 g/mol. The summed E-state index contributed by atoms with van der Waals surface area (Å²) in [6, 6.07) is 13.6. The maximum Gasteiger partial charge on any atom is 0.253 e. The highest BCUT2D eigenvalue weighted by molar-refractivity contribution is 5.94. The number of hydrogen-bond acceptors (Lipinski definition) is 5. The highest BCUT2D eigenvalue weighted by Crippen LogP contribution is 2.27. The molecule has 0 unspecified atom stereocenters. The van der Waals surface area contributed by atoms with Gasteiger partial charge in [0.2, 0.25) is 0 Å². The third-order valence-electron chi connectivity index (χ3n) is 4.94. The molecule has 28 heavy (non-hydrogen) atoms. The quantitative estimate of drug-likeness (QED) is 0.771. The number of benzene rings is 2. The van der Waals surface area contributed by atoms with Crippen molar-refractivity contribution in [3.63, 3.8) is 0 Å². The van der Waals surface area contributed by atoms with E-state index in [2.05, 4.69) is 5.32 Å². The zero-order chi connectivity index (χ0) is 19.2. The van der Waals surface area contributed by atoms with Crippen molar-refractivity contribution >= 4 is 24.0 Å². The van der Waals surface area contributed by atoms with Crippen molar-refractivity contribution in [3.05, 3.63) is 53.6 Å². The number of nitrogens with two attached hydrogens (primary N) is 1.